The highest BCUT2D eigenvalue weighted by Gasteiger charge is 2.32. The van der Waals surface area contributed by atoms with E-state index in [4.69, 9.17) is 27.9 Å². The topological polar surface area (TPSA) is 96.0 Å². The highest BCUT2D eigenvalue weighted by Crippen LogP contribution is 2.28. The number of carbonyl (C=O) groups excluding carboxylic acids is 2. The molecule has 2 amide bonds. The summed E-state index contributed by atoms with van der Waals surface area (Å²) in [7, 11) is -4.18. The summed E-state index contributed by atoms with van der Waals surface area (Å²) in [4.78, 5) is 29.5. The van der Waals surface area contributed by atoms with Crippen molar-refractivity contribution in [2.24, 2.45) is 0 Å². The van der Waals surface area contributed by atoms with Crippen LogP contribution in [-0.4, -0.2) is 57.1 Å². The van der Waals surface area contributed by atoms with Gasteiger partial charge in [-0.25, -0.2) is 8.42 Å². The zero-order valence-electron chi connectivity index (χ0n) is 24.7. The molecule has 3 aromatic rings. The van der Waals surface area contributed by atoms with Crippen molar-refractivity contribution in [3.8, 4) is 5.75 Å². The number of nitrogens with zero attached hydrogens (tertiary/aromatic N) is 2. The van der Waals surface area contributed by atoms with Crippen molar-refractivity contribution in [3.05, 3.63) is 82.3 Å². The molecule has 0 aliphatic rings. The predicted octanol–water partition coefficient (Wildman–Crippen LogP) is 6.64. The third-order valence-corrected chi connectivity index (χ3v) is 9.97. The van der Waals surface area contributed by atoms with Crippen LogP contribution in [-0.2, 0) is 26.2 Å². The average Bonchev–Trinajstić information content (AvgIpc) is 3.00. The van der Waals surface area contributed by atoms with Crippen LogP contribution in [0.2, 0.25) is 10.0 Å². The fraction of sp³-hybridized carbons (Fsp3) is 0.355. The first-order chi connectivity index (χ1) is 20.5. The lowest BCUT2D eigenvalue weighted by Gasteiger charge is -2.32. The summed E-state index contributed by atoms with van der Waals surface area (Å²) in [5.74, 6) is -0.342. The summed E-state index contributed by atoms with van der Waals surface area (Å²) in [6.07, 6.45) is 3.59. The van der Waals surface area contributed by atoms with E-state index < -0.39 is 28.5 Å². The number of thioether (sulfide) groups is 1. The molecule has 232 valence electrons. The number of hydrogen-bond acceptors (Lipinski definition) is 6. The summed E-state index contributed by atoms with van der Waals surface area (Å²) in [6.45, 7) is 5.86. The van der Waals surface area contributed by atoms with Gasteiger partial charge in [-0.05, 0) is 92.8 Å². The second kappa shape index (κ2) is 16.2. The molecule has 0 aliphatic carbocycles. The largest absolute Gasteiger partial charge is 0.494 e. The normalized spacial score (nSPS) is 12.0. The van der Waals surface area contributed by atoms with Crippen molar-refractivity contribution in [3.63, 3.8) is 0 Å². The van der Waals surface area contributed by atoms with E-state index in [1.54, 1.807) is 61.5 Å². The zero-order chi connectivity index (χ0) is 31.6. The molecule has 0 bridgehead atoms. The van der Waals surface area contributed by atoms with Crippen LogP contribution in [0.4, 0.5) is 5.69 Å². The van der Waals surface area contributed by atoms with Crippen LogP contribution in [0.3, 0.4) is 0 Å². The fourth-order valence-electron chi connectivity index (χ4n) is 4.23. The lowest BCUT2D eigenvalue weighted by atomic mass is 10.1. The molecule has 43 heavy (non-hydrogen) atoms. The summed E-state index contributed by atoms with van der Waals surface area (Å²) in [5.41, 5.74) is 0.916. The Morgan fingerprint density at radius 1 is 0.977 bits per heavy atom. The molecule has 0 fully saturated rings. The minimum Gasteiger partial charge on any atom is -0.494 e. The van der Waals surface area contributed by atoms with Crippen LogP contribution in [0.15, 0.2) is 76.5 Å². The van der Waals surface area contributed by atoms with E-state index in [-0.39, 0.29) is 23.0 Å². The number of carbonyl (C=O) groups is 2. The van der Waals surface area contributed by atoms with Crippen LogP contribution >= 0.6 is 35.0 Å². The Labute approximate surface area is 268 Å². The Morgan fingerprint density at radius 2 is 1.65 bits per heavy atom. The third-order valence-electron chi connectivity index (χ3n) is 6.70. The van der Waals surface area contributed by atoms with Crippen LogP contribution in [0.1, 0.15) is 39.2 Å². The van der Waals surface area contributed by atoms with E-state index in [1.807, 2.05) is 20.1 Å². The van der Waals surface area contributed by atoms with Crippen molar-refractivity contribution in [2.75, 3.05) is 30.3 Å². The van der Waals surface area contributed by atoms with Crippen molar-refractivity contribution in [1.29, 1.82) is 0 Å². The number of benzene rings is 3. The van der Waals surface area contributed by atoms with Crippen molar-refractivity contribution in [1.82, 2.24) is 10.2 Å². The van der Waals surface area contributed by atoms with Gasteiger partial charge in [0, 0.05) is 18.0 Å². The second-order valence-corrected chi connectivity index (χ2v) is 13.3. The highest BCUT2D eigenvalue weighted by atomic mass is 35.5. The van der Waals surface area contributed by atoms with Gasteiger partial charge in [-0.3, -0.25) is 13.9 Å². The van der Waals surface area contributed by atoms with E-state index >= 15 is 0 Å². The number of sulfonamides is 1. The molecule has 0 radical (unpaired) electrons. The molecule has 0 saturated carbocycles. The second-order valence-electron chi connectivity index (χ2n) is 9.70. The van der Waals surface area contributed by atoms with E-state index in [2.05, 4.69) is 5.32 Å². The number of rotatable bonds is 15. The Morgan fingerprint density at radius 3 is 2.23 bits per heavy atom. The first kappa shape index (κ1) is 34.6. The fourth-order valence-corrected chi connectivity index (χ4v) is 6.38. The standard InChI is InChI=1S/C31H37Cl2N3O5S2/c1-5-7-18-34-31(38)22(3)35(20-23-8-17-28(32)29(33)19-23)30(37)21-36(24-9-11-25(12-10-24)41-6-2)43(39,40)27-15-13-26(42-4)14-16-27/h8-17,19,22H,5-7,18,20-21H2,1-4H3,(H,34,38)/t22-/m0/s1. The molecule has 3 rings (SSSR count). The van der Waals surface area contributed by atoms with Gasteiger partial charge in [0.1, 0.15) is 18.3 Å². The first-order valence-corrected chi connectivity index (χ1v) is 17.3. The van der Waals surface area contributed by atoms with E-state index in [0.717, 1.165) is 22.0 Å². The van der Waals surface area contributed by atoms with Gasteiger partial charge < -0.3 is 15.0 Å². The third kappa shape index (κ3) is 9.28. The van der Waals surface area contributed by atoms with E-state index in [9.17, 15) is 18.0 Å². The Balaban J connectivity index is 2.02. The number of nitrogens with one attached hydrogen (secondary N) is 1. The van der Waals surface area contributed by atoms with Gasteiger partial charge >= 0.3 is 0 Å². The summed E-state index contributed by atoms with van der Waals surface area (Å²) >= 11 is 13.8. The molecule has 0 unspecified atom stereocenters. The number of ether oxygens (including phenoxy) is 1. The lowest BCUT2D eigenvalue weighted by Crippen LogP contribution is -2.51. The number of hydrogen-bond donors (Lipinski definition) is 1. The number of amides is 2. The Hall–Kier alpha value is -2.92. The molecule has 1 N–H and O–H groups in total. The minimum absolute atomic E-state index is 0.0116. The number of unbranched alkanes of at least 4 members (excludes halogenated alkanes) is 1. The molecule has 0 aliphatic heterocycles. The van der Waals surface area contributed by atoms with Gasteiger partial charge in [0.2, 0.25) is 11.8 Å². The predicted molar refractivity (Wildman–Crippen MR) is 175 cm³/mol. The van der Waals surface area contributed by atoms with Crippen molar-refractivity contribution in [2.45, 2.75) is 56.0 Å². The number of halogens is 2. The molecule has 0 aromatic heterocycles. The quantitative estimate of drug-likeness (QED) is 0.144. The Bertz CT molecular complexity index is 1490. The van der Waals surface area contributed by atoms with Gasteiger partial charge in [-0.2, -0.15) is 0 Å². The molecule has 1 atom stereocenters. The van der Waals surface area contributed by atoms with Gasteiger partial charge in [-0.1, -0.05) is 42.6 Å². The SMILES string of the molecule is CCCCNC(=O)[C@H](C)N(Cc1ccc(Cl)c(Cl)c1)C(=O)CN(c1ccc(OCC)cc1)S(=O)(=O)c1ccc(SC)cc1. The maximum absolute atomic E-state index is 14.1. The average molecular weight is 667 g/mol. The van der Waals surface area contributed by atoms with Crippen molar-refractivity contribution >= 4 is 62.5 Å². The molecule has 0 heterocycles. The molecule has 0 saturated heterocycles. The monoisotopic (exact) mass is 665 g/mol. The van der Waals surface area contributed by atoms with Gasteiger partial charge in [0.25, 0.3) is 10.0 Å². The molecular formula is C31H37Cl2N3O5S2. The highest BCUT2D eigenvalue weighted by molar-refractivity contribution is 7.98. The van der Waals surface area contributed by atoms with Gasteiger partial charge in [-0.15, -0.1) is 11.8 Å². The zero-order valence-corrected chi connectivity index (χ0v) is 27.8. The summed E-state index contributed by atoms with van der Waals surface area (Å²) in [6, 6.07) is 17.0. The van der Waals surface area contributed by atoms with Crippen LogP contribution in [0.5, 0.6) is 5.75 Å². The van der Waals surface area contributed by atoms with Crippen LogP contribution < -0.4 is 14.4 Å². The van der Waals surface area contributed by atoms with E-state index in [1.165, 1.54) is 28.8 Å². The first-order valence-electron chi connectivity index (χ1n) is 13.9. The van der Waals surface area contributed by atoms with Crippen LogP contribution in [0, 0.1) is 0 Å². The maximum Gasteiger partial charge on any atom is 0.264 e. The molecule has 8 nitrogen and oxygen atoms in total. The number of anilines is 1. The minimum atomic E-state index is -4.18. The maximum atomic E-state index is 14.1. The van der Waals surface area contributed by atoms with Crippen LogP contribution in [0.25, 0.3) is 0 Å². The summed E-state index contributed by atoms with van der Waals surface area (Å²) in [5, 5.41) is 3.53. The molecule has 12 heteroatoms. The molecular weight excluding hydrogens is 629 g/mol. The molecule has 3 aromatic carbocycles. The van der Waals surface area contributed by atoms with Gasteiger partial charge in [0.15, 0.2) is 0 Å². The lowest BCUT2D eigenvalue weighted by molar-refractivity contribution is -0.139. The van der Waals surface area contributed by atoms with Gasteiger partial charge in [0.05, 0.1) is 27.2 Å². The van der Waals surface area contributed by atoms with E-state index in [0.29, 0.717) is 34.5 Å². The smallest absolute Gasteiger partial charge is 0.264 e. The summed E-state index contributed by atoms with van der Waals surface area (Å²) < 4.78 is 34.6. The molecule has 0 spiro atoms. The Kier molecular flexibility index (Phi) is 13.1. The van der Waals surface area contributed by atoms with Crippen molar-refractivity contribution < 1.29 is 22.7 Å².